The lowest BCUT2D eigenvalue weighted by Crippen LogP contribution is -2.35. The van der Waals surface area contributed by atoms with Crippen molar-refractivity contribution < 1.29 is 9.59 Å². The van der Waals surface area contributed by atoms with E-state index in [1.807, 2.05) is 32.0 Å². The van der Waals surface area contributed by atoms with Gasteiger partial charge in [0.15, 0.2) is 0 Å². The maximum absolute atomic E-state index is 12.1. The molecular formula is C17H19N3O2. The van der Waals surface area contributed by atoms with Gasteiger partial charge in [0.05, 0.1) is 6.54 Å². The number of nitrogens with zero attached hydrogens (tertiary/aromatic N) is 2. The number of hydrogen-bond acceptors (Lipinski definition) is 3. The van der Waals surface area contributed by atoms with Gasteiger partial charge in [-0.15, -0.1) is 0 Å². The summed E-state index contributed by atoms with van der Waals surface area (Å²) in [6, 6.07) is 10.9. The third-order valence-electron chi connectivity index (χ3n) is 3.36. The van der Waals surface area contributed by atoms with E-state index in [1.54, 1.807) is 31.4 Å². The van der Waals surface area contributed by atoms with Crippen LogP contribution in [0.4, 0.5) is 5.69 Å². The quantitative estimate of drug-likeness (QED) is 0.942. The molecule has 0 unspecified atom stereocenters. The van der Waals surface area contributed by atoms with Crippen molar-refractivity contribution >= 4 is 17.5 Å². The smallest absolute Gasteiger partial charge is 0.272 e. The molecule has 1 aromatic carbocycles. The van der Waals surface area contributed by atoms with Gasteiger partial charge in [0, 0.05) is 18.9 Å². The Morgan fingerprint density at radius 1 is 1.09 bits per heavy atom. The number of hydrogen-bond donors (Lipinski definition) is 1. The molecule has 0 fully saturated rings. The number of likely N-dealkylation sites (N-methyl/N-ethyl adjacent to an activating group) is 1. The molecule has 5 nitrogen and oxygen atoms in total. The Kier molecular flexibility index (Phi) is 4.88. The number of carbonyl (C=O) groups excluding carboxylic acids is 2. The summed E-state index contributed by atoms with van der Waals surface area (Å²) in [5, 5.41) is 2.86. The van der Waals surface area contributed by atoms with Crippen LogP contribution >= 0.6 is 0 Å². The van der Waals surface area contributed by atoms with Crippen molar-refractivity contribution in [1.82, 2.24) is 9.88 Å². The van der Waals surface area contributed by atoms with E-state index < -0.39 is 0 Å². The van der Waals surface area contributed by atoms with Crippen LogP contribution in [-0.2, 0) is 4.79 Å². The first-order chi connectivity index (χ1) is 10.5. The van der Waals surface area contributed by atoms with Crippen LogP contribution in [0.1, 0.15) is 21.6 Å². The van der Waals surface area contributed by atoms with Crippen LogP contribution in [0, 0.1) is 13.8 Å². The molecule has 0 aliphatic carbocycles. The number of aryl methyl sites for hydroxylation is 2. The first kappa shape index (κ1) is 15.7. The van der Waals surface area contributed by atoms with E-state index in [9.17, 15) is 9.59 Å². The zero-order valence-corrected chi connectivity index (χ0v) is 13.0. The van der Waals surface area contributed by atoms with Crippen LogP contribution in [0.3, 0.4) is 0 Å². The predicted molar refractivity (Wildman–Crippen MR) is 85.7 cm³/mol. The fourth-order valence-electron chi connectivity index (χ4n) is 2.16. The number of aromatic nitrogens is 1. The lowest BCUT2D eigenvalue weighted by Gasteiger charge is -2.17. The van der Waals surface area contributed by atoms with E-state index in [0.717, 1.165) is 16.8 Å². The molecule has 0 bridgehead atoms. The van der Waals surface area contributed by atoms with Crippen LogP contribution in [0.5, 0.6) is 0 Å². The van der Waals surface area contributed by atoms with E-state index in [4.69, 9.17) is 0 Å². The maximum Gasteiger partial charge on any atom is 0.272 e. The number of anilines is 1. The minimum absolute atomic E-state index is 0.0246. The van der Waals surface area contributed by atoms with E-state index in [2.05, 4.69) is 10.3 Å². The summed E-state index contributed by atoms with van der Waals surface area (Å²) in [6.07, 6.45) is 1.55. The molecule has 5 heteroatoms. The molecule has 0 radical (unpaired) electrons. The van der Waals surface area contributed by atoms with Crippen molar-refractivity contribution in [2.45, 2.75) is 13.8 Å². The summed E-state index contributed by atoms with van der Waals surface area (Å²) >= 11 is 0. The summed E-state index contributed by atoms with van der Waals surface area (Å²) in [4.78, 5) is 29.6. The van der Waals surface area contributed by atoms with Crippen molar-refractivity contribution in [1.29, 1.82) is 0 Å². The van der Waals surface area contributed by atoms with Gasteiger partial charge in [-0.25, -0.2) is 0 Å². The Balaban J connectivity index is 2.01. The van der Waals surface area contributed by atoms with Crippen molar-refractivity contribution in [3.63, 3.8) is 0 Å². The molecule has 2 amide bonds. The molecule has 0 saturated carbocycles. The summed E-state index contributed by atoms with van der Waals surface area (Å²) in [6.45, 7) is 3.85. The molecule has 0 aliphatic heterocycles. The Morgan fingerprint density at radius 3 is 2.36 bits per heavy atom. The van der Waals surface area contributed by atoms with Crippen molar-refractivity contribution in [2.24, 2.45) is 0 Å². The van der Waals surface area contributed by atoms with Gasteiger partial charge in [-0.05, 0) is 37.1 Å². The summed E-state index contributed by atoms with van der Waals surface area (Å²) < 4.78 is 0. The minimum Gasteiger partial charge on any atom is -0.331 e. The zero-order valence-electron chi connectivity index (χ0n) is 13.0. The van der Waals surface area contributed by atoms with Gasteiger partial charge in [0.25, 0.3) is 5.91 Å². The molecule has 1 N–H and O–H groups in total. The highest BCUT2D eigenvalue weighted by molar-refractivity contribution is 5.98. The molecule has 22 heavy (non-hydrogen) atoms. The first-order valence-corrected chi connectivity index (χ1v) is 7.01. The van der Waals surface area contributed by atoms with Gasteiger partial charge in [-0.2, -0.15) is 0 Å². The fraction of sp³-hybridized carbons (Fsp3) is 0.235. The second kappa shape index (κ2) is 6.85. The van der Waals surface area contributed by atoms with Crippen molar-refractivity contribution in [3.05, 3.63) is 59.4 Å². The van der Waals surface area contributed by atoms with Crippen molar-refractivity contribution in [3.8, 4) is 0 Å². The van der Waals surface area contributed by atoms with Crippen LogP contribution in [0.15, 0.2) is 42.6 Å². The molecule has 1 heterocycles. The van der Waals surface area contributed by atoms with Gasteiger partial charge in [-0.1, -0.05) is 24.3 Å². The number of nitrogens with one attached hydrogen (secondary N) is 1. The zero-order chi connectivity index (χ0) is 16.1. The Hall–Kier alpha value is -2.69. The van der Waals surface area contributed by atoms with Crippen molar-refractivity contribution in [2.75, 3.05) is 18.9 Å². The molecule has 2 rings (SSSR count). The second-order valence-electron chi connectivity index (χ2n) is 5.19. The summed E-state index contributed by atoms with van der Waals surface area (Å²) in [5.74, 6) is -0.513. The number of pyridine rings is 1. The Bertz CT molecular complexity index is 663. The molecule has 0 saturated heterocycles. The third-order valence-corrected chi connectivity index (χ3v) is 3.36. The average Bonchev–Trinajstić information content (AvgIpc) is 2.51. The third kappa shape index (κ3) is 3.69. The highest BCUT2D eigenvalue weighted by Crippen LogP contribution is 2.19. The van der Waals surface area contributed by atoms with E-state index >= 15 is 0 Å². The summed E-state index contributed by atoms with van der Waals surface area (Å²) in [7, 11) is 1.58. The molecule has 114 valence electrons. The number of benzene rings is 1. The van der Waals surface area contributed by atoms with Gasteiger partial charge in [0.2, 0.25) is 5.91 Å². The standard InChI is InChI=1S/C17H19N3O2/c1-12-7-6-8-13(2)16(12)19-15(21)11-20(3)17(22)14-9-4-5-10-18-14/h4-10H,11H2,1-3H3,(H,19,21). The highest BCUT2D eigenvalue weighted by atomic mass is 16.2. The summed E-state index contributed by atoms with van der Waals surface area (Å²) in [5.41, 5.74) is 3.11. The lowest BCUT2D eigenvalue weighted by atomic mass is 10.1. The van der Waals surface area contributed by atoms with Gasteiger partial charge in [-0.3, -0.25) is 14.6 Å². The first-order valence-electron chi connectivity index (χ1n) is 7.01. The second-order valence-corrected chi connectivity index (χ2v) is 5.19. The maximum atomic E-state index is 12.1. The van der Waals surface area contributed by atoms with Crippen LogP contribution in [0.25, 0.3) is 0 Å². The molecule has 0 aliphatic rings. The van der Waals surface area contributed by atoms with Gasteiger partial charge in [0.1, 0.15) is 5.69 Å². The Morgan fingerprint density at radius 2 is 1.77 bits per heavy atom. The molecule has 0 spiro atoms. The molecule has 2 aromatic rings. The number of carbonyl (C=O) groups is 2. The minimum atomic E-state index is -0.280. The highest BCUT2D eigenvalue weighted by Gasteiger charge is 2.16. The van der Waals surface area contributed by atoms with Gasteiger partial charge < -0.3 is 10.2 Å². The average molecular weight is 297 g/mol. The number of rotatable bonds is 4. The molecule has 0 atom stereocenters. The number of para-hydroxylation sites is 1. The molecular weight excluding hydrogens is 278 g/mol. The normalized spacial score (nSPS) is 10.1. The van der Waals surface area contributed by atoms with Gasteiger partial charge >= 0.3 is 0 Å². The SMILES string of the molecule is Cc1cccc(C)c1NC(=O)CN(C)C(=O)c1ccccn1. The van der Waals surface area contributed by atoms with Crippen LogP contribution in [0.2, 0.25) is 0 Å². The largest absolute Gasteiger partial charge is 0.331 e. The van der Waals surface area contributed by atoms with E-state index in [1.165, 1.54) is 4.90 Å². The fourth-order valence-corrected chi connectivity index (χ4v) is 2.16. The molecule has 1 aromatic heterocycles. The van der Waals surface area contributed by atoms with Crippen LogP contribution < -0.4 is 5.32 Å². The Labute approximate surface area is 130 Å². The van der Waals surface area contributed by atoms with E-state index in [-0.39, 0.29) is 18.4 Å². The monoisotopic (exact) mass is 297 g/mol. The lowest BCUT2D eigenvalue weighted by molar-refractivity contribution is -0.116. The van der Waals surface area contributed by atoms with E-state index in [0.29, 0.717) is 5.69 Å². The van der Waals surface area contributed by atoms with Crippen LogP contribution in [-0.4, -0.2) is 35.3 Å². The number of amides is 2. The predicted octanol–water partition coefficient (Wildman–Crippen LogP) is 2.41. The topological polar surface area (TPSA) is 62.3 Å².